The van der Waals surface area contributed by atoms with Gasteiger partial charge in [-0.3, -0.25) is 0 Å². The summed E-state index contributed by atoms with van der Waals surface area (Å²) in [7, 11) is 0. The zero-order chi connectivity index (χ0) is 13.3. The highest BCUT2D eigenvalue weighted by molar-refractivity contribution is 9.11. The molecule has 0 radical (unpaired) electrons. The second kappa shape index (κ2) is 5.49. The summed E-state index contributed by atoms with van der Waals surface area (Å²) in [5, 5.41) is 0. The van der Waals surface area contributed by atoms with Gasteiger partial charge in [0.1, 0.15) is 11.6 Å². The summed E-state index contributed by atoms with van der Waals surface area (Å²) in [5.41, 5.74) is 2.44. The Kier molecular flexibility index (Phi) is 4.17. The van der Waals surface area contributed by atoms with E-state index in [0.717, 1.165) is 21.7 Å². The molecule has 94 valence electrons. The van der Waals surface area contributed by atoms with Crippen molar-refractivity contribution in [2.45, 2.75) is 11.8 Å². The molecule has 0 amide bonds. The van der Waals surface area contributed by atoms with Crippen LogP contribution in [0.3, 0.4) is 0 Å². The van der Waals surface area contributed by atoms with Crippen molar-refractivity contribution in [3.8, 4) is 0 Å². The summed E-state index contributed by atoms with van der Waals surface area (Å²) < 4.78 is 27.5. The van der Waals surface area contributed by atoms with Gasteiger partial charge in [-0.1, -0.05) is 50.1 Å². The third-order valence-electron chi connectivity index (χ3n) is 2.66. The number of halogens is 4. The molecule has 0 aliphatic carbocycles. The fraction of sp³-hybridized carbons (Fsp3) is 0.143. The van der Waals surface area contributed by atoms with Crippen LogP contribution in [0, 0.1) is 18.6 Å². The minimum absolute atomic E-state index is 0.312. The van der Waals surface area contributed by atoms with Crippen LogP contribution in [0.5, 0.6) is 0 Å². The van der Waals surface area contributed by atoms with Crippen molar-refractivity contribution in [1.29, 1.82) is 0 Å². The number of rotatable bonds is 2. The van der Waals surface area contributed by atoms with Crippen LogP contribution in [0.2, 0.25) is 0 Å². The van der Waals surface area contributed by atoms with E-state index in [1.165, 1.54) is 12.1 Å². The number of hydrogen-bond donors (Lipinski definition) is 0. The highest BCUT2D eigenvalue weighted by atomic mass is 79.9. The van der Waals surface area contributed by atoms with Crippen molar-refractivity contribution >= 4 is 31.9 Å². The van der Waals surface area contributed by atoms with Gasteiger partial charge in [-0.2, -0.15) is 0 Å². The maximum atomic E-state index is 13.7. The number of hydrogen-bond acceptors (Lipinski definition) is 0. The van der Waals surface area contributed by atoms with Gasteiger partial charge in [0.15, 0.2) is 0 Å². The van der Waals surface area contributed by atoms with Gasteiger partial charge >= 0.3 is 0 Å². The van der Waals surface area contributed by atoms with Crippen molar-refractivity contribution in [1.82, 2.24) is 0 Å². The van der Waals surface area contributed by atoms with Gasteiger partial charge in [-0.15, -0.1) is 0 Å². The molecular weight excluding hydrogens is 366 g/mol. The third-order valence-corrected chi connectivity index (χ3v) is 4.34. The fourth-order valence-electron chi connectivity index (χ4n) is 1.71. The van der Waals surface area contributed by atoms with Gasteiger partial charge in [0.05, 0.1) is 4.83 Å². The average molecular weight is 376 g/mol. The Morgan fingerprint density at radius 3 is 2.28 bits per heavy atom. The number of aryl methyl sites for hydroxylation is 1. The van der Waals surface area contributed by atoms with E-state index in [2.05, 4.69) is 31.9 Å². The van der Waals surface area contributed by atoms with Crippen molar-refractivity contribution in [3.05, 3.63) is 69.2 Å². The molecule has 0 nitrogen and oxygen atoms in total. The fourth-order valence-corrected chi connectivity index (χ4v) is 3.51. The molecule has 4 heteroatoms. The summed E-state index contributed by atoms with van der Waals surface area (Å²) in [6, 6.07) is 9.44. The van der Waals surface area contributed by atoms with Gasteiger partial charge in [-0.05, 0) is 30.2 Å². The Bertz CT molecular complexity index is 531. The van der Waals surface area contributed by atoms with Crippen LogP contribution < -0.4 is 0 Å². The summed E-state index contributed by atoms with van der Waals surface area (Å²) in [6.07, 6.45) is 0. The van der Waals surface area contributed by atoms with Crippen molar-refractivity contribution in [3.63, 3.8) is 0 Å². The van der Waals surface area contributed by atoms with E-state index < -0.39 is 11.6 Å². The standard InChI is InChI=1S/C14H10Br2F2/c1-8-2-4-10(12(15)6-8)14(16)11-5-3-9(17)7-13(11)18/h2-7,14H,1H3. The van der Waals surface area contributed by atoms with Crippen molar-refractivity contribution in [2.24, 2.45) is 0 Å². The molecule has 2 rings (SSSR count). The number of alkyl halides is 1. The molecule has 0 aliphatic rings. The molecule has 0 spiro atoms. The average Bonchev–Trinajstić information content (AvgIpc) is 2.28. The summed E-state index contributed by atoms with van der Waals surface area (Å²) in [5.74, 6) is -1.12. The molecule has 0 aliphatic heterocycles. The molecule has 2 aromatic rings. The van der Waals surface area contributed by atoms with Gasteiger partial charge in [0.25, 0.3) is 0 Å². The van der Waals surface area contributed by atoms with E-state index in [4.69, 9.17) is 0 Å². The van der Waals surface area contributed by atoms with Crippen LogP contribution >= 0.6 is 31.9 Å². The second-order valence-electron chi connectivity index (χ2n) is 4.05. The molecule has 2 aromatic carbocycles. The zero-order valence-corrected chi connectivity index (χ0v) is 12.7. The molecule has 1 atom stereocenters. The van der Waals surface area contributed by atoms with E-state index in [0.29, 0.717) is 5.56 Å². The van der Waals surface area contributed by atoms with Gasteiger partial charge in [0.2, 0.25) is 0 Å². The van der Waals surface area contributed by atoms with Gasteiger partial charge in [0, 0.05) is 16.1 Å². The van der Waals surface area contributed by atoms with E-state index in [9.17, 15) is 8.78 Å². The van der Waals surface area contributed by atoms with E-state index in [1.807, 2.05) is 25.1 Å². The lowest BCUT2D eigenvalue weighted by atomic mass is 10.0. The van der Waals surface area contributed by atoms with E-state index in [1.54, 1.807) is 0 Å². The monoisotopic (exact) mass is 374 g/mol. The first kappa shape index (κ1) is 13.7. The molecule has 0 N–H and O–H groups in total. The van der Waals surface area contributed by atoms with Crippen LogP contribution in [0.4, 0.5) is 8.78 Å². The highest BCUT2D eigenvalue weighted by Gasteiger charge is 2.17. The smallest absolute Gasteiger partial charge is 0.130 e. The van der Waals surface area contributed by atoms with E-state index in [-0.39, 0.29) is 4.83 Å². The zero-order valence-electron chi connectivity index (χ0n) is 9.55. The summed E-state index contributed by atoms with van der Waals surface area (Å²) >= 11 is 6.91. The molecule has 18 heavy (non-hydrogen) atoms. The molecule has 0 fully saturated rings. The Hall–Kier alpha value is -0.740. The maximum Gasteiger partial charge on any atom is 0.130 e. The predicted octanol–water partition coefficient (Wildman–Crippen LogP) is 5.52. The maximum absolute atomic E-state index is 13.7. The molecule has 0 bridgehead atoms. The topological polar surface area (TPSA) is 0 Å². The summed E-state index contributed by atoms with van der Waals surface area (Å²) in [4.78, 5) is -0.312. The molecule has 0 heterocycles. The Morgan fingerprint density at radius 1 is 1.00 bits per heavy atom. The first-order chi connectivity index (χ1) is 8.49. The highest BCUT2D eigenvalue weighted by Crippen LogP contribution is 2.36. The quantitative estimate of drug-likeness (QED) is 0.606. The lowest BCUT2D eigenvalue weighted by Crippen LogP contribution is -1.98. The van der Waals surface area contributed by atoms with Crippen LogP contribution in [-0.4, -0.2) is 0 Å². The molecular formula is C14H10Br2F2. The van der Waals surface area contributed by atoms with E-state index >= 15 is 0 Å². The van der Waals surface area contributed by atoms with Crippen LogP contribution in [0.1, 0.15) is 21.5 Å². The van der Waals surface area contributed by atoms with Crippen LogP contribution in [-0.2, 0) is 0 Å². The Labute approximate surface area is 121 Å². The number of benzene rings is 2. The molecule has 1 unspecified atom stereocenters. The third kappa shape index (κ3) is 2.81. The molecule has 0 saturated heterocycles. The first-order valence-electron chi connectivity index (χ1n) is 5.34. The van der Waals surface area contributed by atoms with Crippen LogP contribution in [0.25, 0.3) is 0 Å². The largest absolute Gasteiger partial charge is 0.207 e. The SMILES string of the molecule is Cc1ccc(C(Br)c2ccc(F)cc2F)c(Br)c1. The molecule has 0 saturated carbocycles. The first-order valence-corrected chi connectivity index (χ1v) is 7.05. The Morgan fingerprint density at radius 2 is 1.67 bits per heavy atom. The minimum Gasteiger partial charge on any atom is -0.207 e. The minimum atomic E-state index is -0.570. The second-order valence-corrected chi connectivity index (χ2v) is 5.82. The van der Waals surface area contributed by atoms with Gasteiger partial charge in [-0.25, -0.2) is 8.78 Å². The summed E-state index contributed by atoms with van der Waals surface area (Å²) in [6.45, 7) is 1.98. The molecule has 0 aromatic heterocycles. The Balaban J connectivity index is 2.44. The lowest BCUT2D eigenvalue weighted by Gasteiger charge is -2.14. The van der Waals surface area contributed by atoms with Gasteiger partial charge < -0.3 is 0 Å². The predicted molar refractivity (Wildman–Crippen MR) is 76.0 cm³/mol. The van der Waals surface area contributed by atoms with Crippen molar-refractivity contribution in [2.75, 3.05) is 0 Å². The lowest BCUT2D eigenvalue weighted by molar-refractivity contribution is 0.574. The van der Waals surface area contributed by atoms with Crippen LogP contribution in [0.15, 0.2) is 40.9 Å². The normalized spacial score (nSPS) is 12.5. The van der Waals surface area contributed by atoms with Crippen molar-refractivity contribution < 1.29 is 8.78 Å².